The first-order valence-corrected chi connectivity index (χ1v) is 6.24. The maximum Gasteiger partial charge on any atom is 0.239 e. The number of amides is 1. The van der Waals surface area contributed by atoms with Crippen molar-refractivity contribution in [3.05, 3.63) is 23.8 Å². The van der Waals surface area contributed by atoms with Crippen molar-refractivity contribution in [3.63, 3.8) is 0 Å². The van der Waals surface area contributed by atoms with Crippen LogP contribution in [0.4, 0.5) is 0 Å². The largest absolute Gasteiger partial charge is 0.493 e. The predicted molar refractivity (Wildman–Crippen MR) is 74.3 cm³/mol. The van der Waals surface area contributed by atoms with Gasteiger partial charge in [0.2, 0.25) is 5.91 Å². The third kappa shape index (κ3) is 3.86. The average Bonchev–Trinajstić information content (AvgIpc) is 2.37. The SMILES string of the molecule is COc1cccc(C(NCC(C)C)C(N)=O)c1OC. The smallest absolute Gasteiger partial charge is 0.239 e. The fourth-order valence-electron chi connectivity index (χ4n) is 1.86. The summed E-state index contributed by atoms with van der Waals surface area (Å²) < 4.78 is 10.6. The lowest BCUT2D eigenvalue weighted by molar-refractivity contribution is -0.120. The molecule has 0 heterocycles. The first-order valence-electron chi connectivity index (χ1n) is 6.24. The molecule has 3 N–H and O–H groups in total. The van der Waals surface area contributed by atoms with Crippen LogP contribution in [0.3, 0.4) is 0 Å². The third-order valence-electron chi connectivity index (χ3n) is 2.76. The van der Waals surface area contributed by atoms with E-state index in [0.717, 1.165) is 0 Å². The number of nitrogens with one attached hydrogen (secondary N) is 1. The number of methoxy groups -OCH3 is 2. The van der Waals surface area contributed by atoms with Crippen LogP contribution in [0.25, 0.3) is 0 Å². The minimum atomic E-state index is -0.590. The molecule has 0 saturated heterocycles. The lowest BCUT2D eigenvalue weighted by Crippen LogP contribution is -2.35. The normalized spacial score (nSPS) is 12.3. The van der Waals surface area contributed by atoms with E-state index >= 15 is 0 Å². The van der Waals surface area contributed by atoms with Crippen LogP contribution < -0.4 is 20.5 Å². The van der Waals surface area contributed by atoms with E-state index in [2.05, 4.69) is 19.2 Å². The van der Waals surface area contributed by atoms with Crippen LogP contribution in [0.2, 0.25) is 0 Å². The van der Waals surface area contributed by atoms with Crippen molar-refractivity contribution in [2.24, 2.45) is 11.7 Å². The van der Waals surface area contributed by atoms with E-state index in [4.69, 9.17) is 15.2 Å². The first kappa shape index (κ1) is 15.3. The number of primary amides is 1. The Balaban J connectivity index is 3.11. The molecule has 0 aliphatic carbocycles. The van der Waals surface area contributed by atoms with Gasteiger partial charge in [0.25, 0.3) is 0 Å². The molecule has 0 aliphatic rings. The molecule has 0 spiro atoms. The Morgan fingerprint density at radius 1 is 1.32 bits per heavy atom. The maximum absolute atomic E-state index is 11.6. The van der Waals surface area contributed by atoms with Gasteiger partial charge < -0.3 is 20.5 Å². The second-order valence-corrected chi connectivity index (χ2v) is 4.72. The van der Waals surface area contributed by atoms with Crippen molar-refractivity contribution in [1.29, 1.82) is 0 Å². The van der Waals surface area contributed by atoms with Crippen LogP contribution in [0.5, 0.6) is 11.5 Å². The Morgan fingerprint density at radius 3 is 2.47 bits per heavy atom. The first-order chi connectivity index (χ1) is 9.01. The van der Waals surface area contributed by atoms with Gasteiger partial charge in [0, 0.05) is 5.56 Å². The zero-order chi connectivity index (χ0) is 14.4. The minimum Gasteiger partial charge on any atom is -0.493 e. The van der Waals surface area contributed by atoms with E-state index in [0.29, 0.717) is 29.5 Å². The molecule has 1 aromatic carbocycles. The molecular formula is C14H22N2O3. The lowest BCUT2D eigenvalue weighted by atomic mass is 10.0. The van der Waals surface area contributed by atoms with Crippen LogP contribution in [-0.2, 0) is 4.79 Å². The molecule has 0 saturated carbocycles. The molecule has 1 amide bonds. The van der Waals surface area contributed by atoms with Gasteiger partial charge in [-0.3, -0.25) is 4.79 Å². The van der Waals surface area contributed by atoms with Crippen molar-refractivity contribution in [1.82, 2.24) is 5.32 Å². The minimum absolute atomic E-state index is 0.415. The zero-order valence-electron chi connectivity index (χ0n) is 11.9. The molecule has 1 atom stereocenters. The second-order valence-electron chi connectivity index (χ2n) is 4.72. The molecule has 106 valence electrons. The predicted octanol–water partition coefficient (Wildman–Crippen LogP) is 1.48. The van der Waals surface area contributed by atoms with Gasteiger partial charge >= 0.3 is 0 Å². The summed E-state index contributed by atoms with van der Waals surface area (Å²) in [5.74, 6) is 1.09. The van der Waals surface area contributed by atoms with E-state index in [-0.39, 0.29) is 0 Å². The maximum atomic E-state index is 11.6. The number of nitrogens with two attached hydrogens (primary N) is 1. The van der Waals surface area contributed by atoms with Gasteiger partial charge in [0.05, 0.1) is 14.2 Å². The average molecular weight is 266 g/mol. The second kappa shape index (κ2) is 6.99. The number of hydrogen-bond donors (Lipinski definition) is 2. The summed E-state index contributed by atoms with van der Waals surface area (Å²) in [4.78, 5) is 11.6. The van der Waals surface area contributed by atoms with Gasteiger partial charge in [-0.15, -0.1) is 0 Å². The molecule has 5 heteroatoms. The molecule has 1 aromatic rings. The Labute approximate surface area is 114 Å². The van der Waals surface area contributed by atoms with Gasteiger partial charge in [-0.2, -0.15) is 0 Å². The third-order valence-corrected chi connectivity index (χ3v) is 2.76. The van der Waals surface area contributed by atoms with E-state index < -0.39 is 11.9 Å². The lowest BCUT2D eigenvalue weighted by Gasteiger charge is -2.20. The van der Waals surface area contributed by atoms with Gasteiger partial charge in [-0.25, -0.2) is 0 Å². The Bertz CT molecular complexity index is 433. The fourth-order valence-corrected chi connectivity index (χ4v) is 1.86. The number of hydrogen-bond acceptors (Lipinski definition) is 4. The van der Waals surface area contributed by atoms with Crippen LogP contribution >= 0.6 is 0 Å². The number of para-hydroxylation sites is 1. The van der Waals surface area contributed by atoms with E-state index in [1.54, 1.807) is 20.3 Å². The summed E-state index contributed by atoms with van der Waals surface area (Å²) in [6, 6.07) is 4.81. The zero-order valence-corrected chi connectivity index (χ0v) is 11.9. The molecule has 0 aliphatic heterocycles. The molecule has 5 nitrogen and oxygen atoms in total. The molecule has 1 rings (SSSR count). The molecule has 0 fully saturated rings. The molecule has 0 aromatic heterocycles. The standard InChI is InChI=1S/C14H22N2O3/c1-9(2)8-16-12(14(15)17)10-6-5-7-11(18-3)13(10)19-4/h5-7,9,12,16H,8H2,1-4H3,(H2,15,17). The Hall–Kier alpha value is -1.75. The summed E-state index contributed by atoms with van der Waals surface area (Å²) in [5, 5.41) is 3.15. The topological polar surface area (TPSA) is 73.6 Å². The highest BCUT2D eigenvalue weighted by molar-refractivity contribution is 5.82. The molecular weight excluding hydrogens is 244 g/mol. The van der Waals surface area contributed by atoms with Crippen molar-refractivity contribution in [2.45, 2.75) is 19.9 Å². The summed E-state index contributed by atoms with van der Waals surface area (Å²) in [6.45, 7) is 4.82. The summed E-state index contributed by atoms with van der Waals surface area (Å²) in [7, 11) is 3.10. The summed E-state index contributed by atoms with van der Waals surface area (Å²) in [6.07, 6.45) is 0. The van der Waals surface area contributed by atoms with E-state index in [1.165, 1.54) is 0 Å². The van der Waals surface area contributed by atoms with Crippen LogP contribution in [0.15, 0.2) is 18.2 Å². The highest BCUT2D eigenvalue weighted by atomic mass is 16.5. The van der Waals surface area contributed by atoms with Crippen LogP contribution in [0.1, 0.15) is 25.5 Å². The van der Waals surface area contributed by atoms with Crippen LogP contribution in [-0.4, -0.2) is 26.7 Å². The number of rotatable bonds is 7. The number of benzene rings is 1. The summed E-state index contributed by atoms with van der Waals surface area (Å²) >= 11 is 0. The fraction of sp³-hybridized carbons (Fsp3) is 0.500. The van der Waals surface area contributed by atoms with Crippen molar-refractivity contribution >= 4 is 5.91 Å². The van der Waals surface area contributed by atoms with E-state index in [1.807, 2.05) is 12.1 Å². The van der Waals surface area contributed by atoms with Crippen molar-refractivity contribution in [3.8, 4) is 11.5 Å². The highest BCUT2D eigenvalue weighted by Gasteiger charge is 2.23. The quantitative estimate of drug-likeness (QED) is 0.784. The monoisotopic (exact) mass is 266 g/mol. The highest BCUT2D eigenvalue weighted by Crippen LogP contribution is 2.34. The van der Waals surface area contributed by atoms with Gasteiger partial charge in [0.15, 0.2) is 11.5 Å². The molecule has 0 bridgehead atoms. The Kier molecular flexibility index (Phi) is 5.63. The van der Waals surface area contributed by atoms with Crippen LogP contribution in [0, 0.1) is 5.92 Å². The molecule has 19 heavy (non-hydrogen) atoms. The molecule has 1 unspecified atom stereocenters. The van der Waals surface area contributed by atoms with Gasteiger partial charge in [-0.05, 0) is 18.5 Å². The van der Waals surface area contributed by atoms with Crippen molar-refractivity contribution in [2.75, 3.05) is 20.8 Å². The van der Waals surface area contributed by atoms with Crippen molar-refractivity contribution < 1.29 is 14.3 Å². The van der Waals surface area contributed by atoms with E-state index in [9.17, 15) is 4.79 Å². The molecule has 0 radical (unpaired) electrons. The van der Waals surface area contributed by atoms with Gasteiger partial charge in [0.1, 0.15) is 6.04 Å². The number of ether oxygens (including phenoxy) is 2. The Morgan fingerprint density at radius 2 is 2.00 bits per heavy atom. The number of carbonyl (C=O) groups excluding carboxylic acids is 1. The van der Waals surface area contributed by atoms with Gasteiger partial charge in [-0.1, -0.05) is 26.0 Å². The number of carbonyl (C=O) groups is 1. The summed E-state index contributed by atoms with van der Waals surface area (Å²) in [5.41, 5.74) is 6.16.